The van der Waals surface area contributed by atoms with E-state index in [-0.39, 0.29) is 5.75 Å². The number of hydrogen-bond donors (Lipinski definition) is 0. The van der Waals surface area contributed by atoms with Gasteiger partial charge in [-0.2, -0.15) is 5.26 Å². The predicted octanol–water partition coefficient (Wildman–Crippen LogP) is 3.41. The number of halogens is 1. The molecular weight excluding hydrogens is 251 g/mol. The van der Waals surface area contributed by atoms with Crippen molar-refractivity contribution in [1.29, 1.82) is 5.26 Å². The van der Waals surface area contributed by atoms with Crippen molar-refractivity contribution in [2.45, 2.75) is 12.8 Å². The maximum Gasteiger partial charge on any atom is 0.165 e. The fourth-order valence-electron chi connectivity index (χ4n) is 1.55. The standard InChI is InChI=1S/C13H11FN2OS/c1-17-12-5-4-9(7-10(12)14)11-8-18-13(16-11)3-2-6-15/h4-5,7-8H,2-3H2,1H3. The lowest BCUT2D eigenvalue weighted by Gasteiger charge is -2.02. The summed E-state index contributed by atoms with van der Waals surface area (Å²) in [6.07, 6.45) is 1.09. The van der Waals surface area contributed by atoms with Gasteiger partial charge in [0.2, 0.25) is 0 Å². The number of benzene rings is 1. The molecule has 0 aliphatic carbocycles. The van der Waals surface area contributed by atoms with E-state index in [2.05, 4.69) is 11.1 Å². The van der Waals surface area contributed by atoms with Gasteiger partial charge in [-0.3, -0.25) is 0 Å². The highest BCUT2D eigenvalue weighted by atomic mass is 32.1. The molecule has 3 nitrogen and oxygen atoms in total. The zero-order valence-electron chi connectivity index (χ0n) is 9.81. The normalized spacial score (nSPS) is 10.1. The average molecular weight is 262 g/mol. The fraction of sp³-hybridized carbons (Fsp3) is 0.231. The molecule has 0 unspecified atom stereocenters. The van der Waals surface area contributed by atoms with Gasteiger partial charge in [0.1, 0.15) is 0 Å². The van der Waals surface area contributed by atoms with E-state index in [1.54, 1.807) is 12.1 Å². The van der Waals surface area contributed by atoms with Crippen LogP contribution in [-0.4, -0.2) is 12.1 Å². The summed E-state index contributed by atoms with van der Waals surface area (Å²) in [5, 5.41) is 11.3. The minimum atomic E-state index is -0.401. The molecule has 1 aromatic carbocycles. The van der Waals surface area contributed by atoms with Gasteiger partial charge in [0.15, 0.2) is 11.6 Å². The Morgan fingerprint density at radius 1 is 1.50 bits per heavy atom. The van der Waals surface area contributed by atoms with Gasteiger partial charge in [-0.15, -0.1) is 11.3 Å². The van der Waals surface area contributed by atoms with Crippen molar-refractivity contribution in [3.8, 4) is 23.1 Å². The fourth-order valence-corrected chi connectivity index (χ4v) is 2.35. The first kappa shape index (κ1) is 12.5. The molecule has 0 saturated heterocycles. The number of hydrogen-bond acceptors (Lipinski definition) is 4. The summed E-state index contributed by atoms with van der Waals surface area (Å²) in [7, 11) is 1.43. The lowest BCUT2D eigenvalue weighted by Crippen LogP contribution is -1.89. The zero-order chi connectivity index (χ0) is 13.0. The number of thiazole rings is 1. The Bertz CT molecular complexity index is 589. The summed E-state index contributed by atoms with van der Waals surface area (Å²) in [6, 6.07) is 6.84. The molecule has 0 N–H and O–H groups in total. The Kier molecular flexibility index (Phi) is 3.90. The topological polar surface area (TPSA) is 45.9 Å². The molecule has 0 aliphatic heterocycles. The lowest BCUT2D eigenvalue weighted by molar-refractivity contribution is 0.386. The van der Waals surface area contributed by atoms with Gasteiger partial charge in [-0.05, 0) is 18.2 Å². The van der Waals surface area contributed by atoms with Gasteiger partial charge < -0.3 is 4.74 Å². The summed E-state index contributed by atoms with van der Waals surface area (Å²) >= 11 is 1.48. The number of aromatic nitrogens is 1. The molecule has 1 heterocycles. The molecule has 0 fully saturated rings. The van der Waals surface area contributed by atoms with Crippen LogP contribution in [0.25, 0.3) is 11.3 Å². The van der Waals surface area contributed by atoms with Gasteiger partial charge in [-0.25, -0.2) is 9.37 Å². The highest BCUT2D eigenvalue weighted by molar-refractivity contribution is 7.09. The lowest BCUT2D eigenvalue weighted by atomic mass is 10.1. The first-order valence-electron chi connectivity index (χ1n) is 5.40. The molecular formula is C13H11FN2OS. The third kappa shape index (κ3) is 2.66. The molecule has 0 radical (unpaired) electrons. The number of nitriles is 1. The zero-order valence-corrected chi connectivity index (χ0v) is 10.6. The van der Waals surface area contributed by atoms with E-state index in [9.17, 15) is 4.39 Å². The number of aryl methyl sites for hydroxylation is 1. The van der Waals surface area contributed by atoms with Gasteiger partial charge in [0.05, 0.1) is 23.9 Å². The SMILES string of the molecule is COc1ccc(-c2csc(CCC#N)n2)cc1F. The van der Waals surface area contributed by atoms with E-state index in [1.165, 1.54) is 24.5 Å². The molecule has 0 saturated carbocycles. The largest absolute Gasteiger partial charge is 0.494 e. The van der Waals surface area contributed by atoms with Crippen molar-refractivity contribution in [2.75, 3.05) is 7.11 Å². The third-order valence-electron chi connectivity index (χ3n) is 2.45. The highest BCUT2D eigenvalue weighted by Crippen LogP contribution is 2.26. The third-order valence-corrected chi connectivity index (χ3v) is 3.36. The van der Waals surface area contributed by atoms with Crippen LogP contribution in [0.2, 0.25) is 0 Å². The van der Waals surface area contributed by atoms with Crippen molar-refractivity contribution in [1.82, 2.24) is 4.98 Å². The van der Waals surface area contributed by atoms with Crippen LogP contribution in [0.3, 0.4) is 0 Å². The molecule has 92 valence electrons. The van der Waals surface area contributed by atoms with Crippen LogP contribution >= 0.6 is 11.3 Å². The minimum absolute atomic E-state index is 0.221. The number of nitrogens with zero attached hydrogens (tertiary/aromatic N) is 2. The summed E-state index contributed by atoms with van der Waals surface area (Å²) in [5.41, 5.74) is 1.45. The van der Waals surface area contributed by atoms with E-state index in [4.69, 9.17) is 10.00 Å². The molecule has 0 bridgehead atoms. The summed E-state index contributed by atoms with van der Waals surface area (Å²) in [5.74, 6) is -0.180. The van der Waals surface area contributed by atoms with Crippen LogP contribution in [0.4, 0.5) is 4.39 Å². The van der Waals surface area contributed by atoms with E-state index in [0.29, 0.717) is 18.4 Å². The van der Waals surface area contributed by atoms with E-state index < -0.39 is 5.82 Å². The van der Waals surface area contributed by atoms with Crippen molar-refractivity contribution >= 4 is 11.3 Å². The van der Waals surface area contributed by atoms with Crippen molar-refractivity contribution in [3.63, 3.8) is 0 Å². The molecule has 18 heavy (non-hydrogen) atoms. The van der Waals surface area contributed by atoms with Crippen molar-refractivity contribution < 1.29 is 9.13 Å². The van der Waals surface area contributed by atoms with Crippen LogP contribution in [0.15, 0.2) is 23.6 Å². The quantitative estimate of drug-likeness (QED) is 0.848. The molecule has 0 amide bonds. The van der Waals surface area contributed by atoms with Gasteiger partial charge in [0, 0.05) is 23.8 Å². The maximum absolute atomic E-state index is 13.6. The second-order valence-electron chi connectivity index (χ2n) is 3.63. The Morgan fingerprint density at radius 2 is 2.33 bits per heavy atom. The summed E-state index contributed by atoms with van der Waals surface area (Å²) < 4.78 is 18.4. The second-order valence-corrected chi connectivity index (χ2v) is 4.58. The van der Waals surface area contributed by atoms with Crippen LogP contribution in [0.1, 0.15) is 11.4 Å². The Balaban J connectivity index is 2.23. The molecule has 0 aliphatic rings. The van der Waals surface area contributed by atoms with Crippen molar-refractivity contribution in [3.05, 3.63) is 34.4 Å². The summed E-state index contributed by atoms with van der Waals surface area (Å²) in [6.45, 7) is 0. The highest BCUT2D eigenvalue weighted by Gasteiger charge is 2.08. The second kappa shape index (κ2) is 5.61. The monoisotopic (exact) mass is 262 g/mol. The van der Waals surface area contributed by atoms with Crippen molar-refractivity contribution in [2.24, 2.45) is 0 Å². The van der Waals surface area contributed by atoms with E-state index in [0.717, 1.165) is 10.7 Å². The van der Waals surface area contributed by atoms with E-state index in [1.807, 2.05) is 5.38 Å². The number of methoxy groups -OCH3 is 1. The molecule has 1 aromatic heterocycles. The van der Waals surface area contributed by atoms with Crippen LogP contribution in [0.5, 0.6) is 5.75 Å². The minimum Gasteiger partial charge on any atom is -0.494 e. The van der Waals surface area contributed by atoms with Crippen LogP contribution in [0, 0.1) is 17.1 Å². The molecule has 5 heteroatoms. The van der Waals surface area contributed by atoms with Gasteiger partial charge in [0.25, 0.3) is 0 Å². The molecule has 0 atom stereocenters. The van der Waals surface area contributed by atoms with Crippen LogP contribution in [-0.2, 0) is 6.42 Å². The summed E-state index contributed by atoms with van der Waals surface area (Å²) in [4.78, 5) is 4.37. The average Bonchev–Trinajstić information content (AvgIpc) is 2.85. The predicted molar refractivity (Wildman–Crippen MR) is 68.0 cm³/mol. The molecule has 2 rings (SSSR count). The Labute approximate surface area is 108 Å². The molecule has 2 aromatic rings. The van der Waals surface area contributed by atoms with Gasteiger partial charge in [-0.1, -0.05) is 0 Å². The first-order valence-corrected chi connectivity index (χ1v) is 6.28. The van der Waals surface area contributed by atoms with Gasteiger partial charge >= 0.3 is 0 Å². The first-order chi connectivity index (χ1) is 8.74. The molecule has 0 spiro atoms. The number of ether oxygens (including phenoxy) is 1. The van der Waals surface area contributed by atoms with E-state index >= 15 is 0 Å². The Hall–Kier alpha value is -1.93. The smallest absolute Gasteiger partial charge is 0.165 e. The van der Waals surface area contributed by atoms with Crippen LogP contribution < -0.4 is 4.74 Å². The maximum atomic E-state index is 13.6. The number of rotatable bonds is 4. The Morgan fingerprint density at radius 3 is 3.00 bits per heavy atom.